The van der Waals surface area contributed by atoms with Gasteiger partial charge in [0.05, 0.1) is 0 Å². The summed E-state index contributed by atoms with van der Waals surface area (Å²) in [6, 6.07) is 0. The van der Waals surface area contributed by atoms with E-state index < -0.39 is 0 Å². The molecule has 1 unspecified atom stereocenters. The molecule has 0 amide bonds. The third-order valence-corrected chi connectivity index (χ3v) is 6.14. The van der Waals surface area contributed by atoms with Gasteiger partial charge in [-0.3, -0.25) is 4.79 Å². The zero-order valence-electron chi connectivity index (χ0n) is 11.6. The molecule has 0 saturated heterocycles. The van der Waals surface area contributed by atoms with Gasteiger partial charge in [-0.25, -0.2) is 0 Å². The summed E-state index contributed by atoms with van der Waals surface area (Å²) in [5.74, 6) is 0.646. The Bertz CT molecular complexity index is 300. The maximum atomic E-state index is 12.4. The minimum absolute atomic E-state index is 0.0133. The van der Waals surface area contributed by atoms with Gasteiger partial charge in [-0.2, -0.15) is 0 Å². The van der Waals surface area contributed by atoms with Crippen LogP contribution in [0.25, 0.3) is 0 Å². The van der Waals surface area contributed by atoms with Gasteiger partial charge in [0.25, 0.3) is 0 Å². The van der Waals surface area contributed by atoms with Gasteiger partial charge >= 0.3 is 5.97 Å². The Labute approximate surface area is 124 Å². The van der Waals surface area contributed by atoms with Gasteiger partial charge in [0.15, 0.2) is 0 Å². The molecule has 0 aliphatic heterocycles. The number of carbonyl (C=O) groups is 1. The Morgan fingerprint density at radius 3 is 2.33 bits per heavy atom. The molecule has 104 valence electrons. The van der Waals surface area contributed by atoms with Crippen LogP contribution in [0, 0.1) is 5.92 Å². The summed E-state index contributed by atoms with van der Waals surface area (Å²) in [4.78, 5) is 12.4. The van der Waals surface area contributed by atoms with Gasteiger partial charge in [-0.05, 0) is 57.8 Å². The van der Waals surface area contributed by atoms with E-state index in [1.165, 1.54) is 38.5 Å². The van der Waals surface area contributed by atoms with Crippen molar-refractivity contribution in [2.75, 3.05) is 0 Å². The summed E-state index contributed by atoms with van der Waals surface area (Å²) >= 11 is 2.25. The number of hydrogen-bond donors (Lipinski definition) is 0. The normalized spacial score (nSPS) is 27.1. The van der Waals surface area contributed by atoms with Crippen LogP contribution >= 0.6 is 22.6 Å². The molecule has 0 aromatic heterocycles. The van der Waals surface area contributed by atoms with Crippen molar-refractivity contribution in [1.29, 1.82) is 0 Å². The van der Waals surface area contributed by atoms with Crippen molar-refractivity contribution in [3.63, 3.8) is 0 Å². The minimum atomic E-state index is -0.355. The van der Waals surface area contributed by atoms with E-state index in [0.717, 1.165) is 19.3 Å². The predicted octanol–water partition coefficient (Wildman–Crippen LogP) is 4.64. The van der Waals surface area contributed by atoms with Crippen LogP contribution in [0.1, 0.15) is 71.6 Å². The van der Waals surface area contributed by atoms with E-state index in [9.17, 15) is 4.79 Å². The fraction of sp³-hybridized carbons (Fsp3) is 0.933. The average molecular weight is 364 g/mol. The molecular formula is C15H25IO2. The quantitative estimate of drug-likeness (QED) is 0.413. The summed E-state index contributed by atoms with van der Waals surface area (Å²) in [7, 11) is 0. The number of halogens is 1. The molecule has 2 saturated carbocycles. The lowest BCUT2D eigenvalue weighted by Crippen LogP contribution is -2.43. The summed E-state index contributed by atoms with van der Waals surface area (Å²) < 4.78 is 5.74. The highest BCUT2D eigenvalue weighted by molar-refractivity contribution is 14.1. The standard InChI is InChI=1S/C15H25IO2/c1-3-14(2,16)13(17)18-15(10-6-7-11-15)12-8-4-5-9-12/h12H,3-11H2,1-2H3. The third kappa shape index (κ3) is 2.86. The molecule has 3 heteroatoms. The molecule has 0 N–H and O–H groups in total. The highest BCUT2D eigenvalue weighted by Gasteiger charge is 2.47. The molecule has 0 heterocycles. The van der Waals surface area contributed by atoms with Crippen molar-refractivity contribution < 1.29 is 9.53 Å². The third-order valence-electron chi connectivity index (χ3n) is 4.93. The zero-order valence-corrected chi connectivity index (χ0v) is 13.8. The first-order valence-corrected chi connectivity index (χ1v) is 8.50. The number of alkyl halides is 1. The van der Waals surface area contributed by atoms with Crippen LogP contribution in [0.3, 0.4) is 0 Å². The van der Waals surface area contributed by atoms with Gasteiger partial charge in [0, 0.05) is 0 Å². The first-order chi connectivity index (χ1) is 8.50. The molecule has 18 heavy (non-hydrogen) atoms. The highest BCUT2D eigenvalue weighted by Crippen LogP contribution is 2.47. The number of ether oxygens (including phenoxy) is 1. The van der Waals surface area contributed by atoms with Gasteiger partial charge < -0.3 is 4.74 Å². The second-order valence-corrected chi connectivity index (χ2v) is 8.57. The highest BCUT2D eigenvalue weighted by atomic mass is 127. The topological polar surface area (TPSA) is 26.3 Å². The lowest BCUT2D eigenvalue weighted by Gasteiger charge is -2.37. The number of hydrogen-bond acceptors (Lipinski definition) is 2. The van der Waals surface area contributed by atoms with E-state index in [1.807, 2.05) is 6.92 Å². The summed E-state index contributed by atoms with van der Waals surface area (Å²) in [5.41, 5.74) is -0.102. The van der Waals surface area contributed by atoms with Crippen LogP contribution in [0.2, 0.25) is 0 Å². The largest absolute Gasteiger partial charge is 0.458 e. The molecule has 2 nitrogen and oxygen atoms in total. The Kier molecular flexibility index (Phi) is 4.61. The van der Waals surface area contributed by atoms with Crippen LogP contribution in [-0.2, 0) is 9.53 Å². The molecule has 0 bridgehead atoms. The van der Waals surface area contributed by atoms with Gasteiger partial charge in [-0.15, -0.1) is 0 Å². The molecule has 1 atom stereocenters. The van der Waals surface area contributed by atoms with Crippen molar-refractivity contribution in [3.05, 3.63) is 0 Å². The maximum Gasteiger partial charge on any atom is 0.322 e. The fourth-order valence-corrected chi connectivity index (χ4v) is 3.56. The Morgan fingerprint density at radius 1 is 1.28 bits per heavy atom. The zero-order chi connectivity index (χ0) is 13.2. The van der Waals surface area contributed by atoms with E-state index in [0.29, 0.717) is 5.92 Å². The average Bonchev–Trinajstić information content (AvgIpc) is 2.99. The second-order valence-electron chi connectivity index (χ2n) is 6.19. The van der Waals surface area contributed by atoms with Crippen LogP contribution in [0.5, 0.6) is 0 Å². The molecule has 2 aliphatic carbocycles. The van der Waals surface area contributed by atoms with Crippen LogP contribution in [0.15, 0.2) is 0 Å². The first-order valence-electron chi connectivity index (χ1n) is 7.42. The number of carbonyl (C=O) groups excluding carboxylic acids is 1. The molecular weight excluding hydrogens is 339 g/mol. The van der Waals surface area contributed by atoms with Gasteiger partial charge in [0.2, 0.25) is 0 Å². The Hall–Kier alpha value is 0.200. The number of rotatable bonds is 4. The van der Waals surface area contributed by atoms with E-state index >= 15 is 0 Å². The van der Waals surface area contributed by atoms with Crippen molar-refractivity contribution >= 4 is 28.6 Å². The van der Waals surface area contributed by atoms with Gasteiger partial charge in [0.1, 0.15) is 9.02 Å². The SMILES string of the molecule is CCC(C)(I)C(=O)OC1(C2CCCC2)CCCC1. The summed E-state index contributed by atoms with van der Waals surface area (Å²) in [5, 5.41) is 0. The number of esters is 1. The van der Waals surface area contributed by atoms with E-state index in [1.54, 1.807) is 0 Å². The second kappa shape index (κ2) is 5.68. The van der Waals surface area contributed by atoms with Crippen LogP contribution in [0.4, 0.5) is 0 Å². The first kappa shape index (κ1) is 14.6. The molecule has 0 aromatic rings. The smallest absolute Gasteiger partial charge is 0.322 e. The molecule has 0 aromatic carbocycles. The lowest BCUT2D eigenvalue weighted by atomic mass is 9.84. The van der Waals surface area contributed by atoms with Crippen molar-refractivity contribution in [3.8, 4) is 0 Å². The van der Waals surface area contributed by atoms with E-state index in [2.05, 4.69) is 29.5 Å². The van der Waals surface area contributed by atoms with Crippen LogP contribution in [-0.4, -0.2) is 15.0 Å². The predicted molar refractivity (Wildman–Crippen MR) is 82.0 cm³/mol. The van der Waals surface area contributed by atoms with Crippen molar-refractivity contribution in [1.82, 2.24) is 0 Å². The monoisotopic (exact) mass is 364 g/mol. The van der Waals surface area contributed by atoms with E-state index in [4.69, 9.17) is 4.74 Å². The minimum Gasteiger partial charge on any atom is -0.458 e. The Morgan fingerprint density at radius 2 is 1.83 bits per heavy atom. The molecule has 0 spiro atoms. The molecule has 0 radical (unpaired) electrons. The fourth-order valence-electron chi connectivity index (χ4n) is 3.45. The van der Waals surface area contributed by atoms with E-state index in [-0.39, 0.29) is 15.0 Å². The summed E-state index contributed by atoms with van der Waals surface area (Å²) in [6.07, 6.45) is 10.7. The van der Waals surface area contributed by atoms with Gasteiger partial charge in [-0.1, -0.05) is 42.4 Å². The summed E-state index contributed by atoms with van der Waals surface area (Å²) in [6.45, 7) is 4.05. The maximum absolute atomic E-state index is 12.4. The van der Waals surface area contributed by atoms with Crippen LogP contribution < -0.4 is 0 Å². The molecule has 2 aliphatic rings. The van der Waals surface area contributed by atoms with Crippen molar-refractivity contribution in [2.24, 2.45) is 5.92 Å². The Balaban J connectivity index is 2.09. The lowest BCUT2D eigenvalue weighted by molar-refractivity contribution is -0.167. The molecule has 2 rings (SSSR count). The molecule has 2 fully saturated rings. The van der Waals surface area contributed by atoms with Crippen molar-refractivity contribution in [2.45, 2.75) is 80.7 Å².